The van der Waals surface area contributed by atoms with E-state index >= 15 is 4.39 Å². The Hall–Kier alpha value is -4.39. The number of Topliss-reactive ketones (excluding diaryl/α,β-unsaturated/α-hetero) is 2. The summed E-state index contributed by atoms with van der Waals surface area (Å²) in [5, 5.41) is 5.97. The molecule has 0 radical (unpaired) electrons. The number of hydrogen-bond donors (Lipinski definition) is 1. The number of nitrogens with one attached hydrogen (secondary N) is 1. The van der Waals surface area contributed by atoms with Crippen molar-refractivity contribution < 1.29 is 45.5 Å². The van der Waals surface area contributed by atoms with E-state index in [9.17, 15) is 27.2 Å². The molecule has 314 valence electrons. The first-order chi connectivity index (χ1) is 28.4. The summed E-state index contributed by atoms with van der Waals surface area (Å²) in [6.07, 6.45) is 7.01. The SMILES string of the molecule is CC1CCC(=O)C(c2coc3ccc4cc(OCCOCCNC(=O)CC[C@@H]5CCC[C@@](C6C=C(F)C=CC6F)(S(=O)(=O)c6ccc(Cl)cc6)C5)ccc4c23)CCC1=O. The molecule has 6 atom stereocenters. The summed E-state index contributed by atoms with van der Waals surface area (Å²) in [7, 11) is -4.13. The monoisotopic (exact) mass is 849 g/mol. The van der Waals surface area contributed by atoms with Gasteiger partial charge in [-0.3, -0.25) is 14.4 Å². The van der Waals surface area contributed by atoms with Crippen LogP contribution in [0.5, 0.6) is 5.75 Å². The normalized spacial score (nSPS) is 25.4. The third kappa shape index (κ3) is 9.35. The molecular weight excluding hydrogens is 800 g/mol. The number of furan rings is 1. The quantitative estimate of drug-likeness (QED) is 0.124. The Morgan fingerprint density at radius 3 is 2.61 bits per heavy atom. The van der Waals surface area contributed by atoms with Gasteiger partial charge in [0.25, 0.3) is 0 Å². The maximum absolute atomic E-state index is 15.5. The van der Waals surface area contributed by atoms with Crippen molar-refractivity contribution in [2.45, 2.75) is 92.9 Å². The zero-order valence-corrected chi connectivity index (χ0v) is 34.7. The summed E-state index contributed by atoms with van der Waals surface area (Å²) >= 11 is 6.03. The molecule has 13 heteroatoms. The fourth-order valence-electron chi connectivity index (χ4n) is 9.21. The van der Waals surface area contributed by atoms with Gasteiger partial charge in [0, 0.05) is 59.5 Å². The Bertz CT molecular complexity index is 2360. The molecule has 1 N–H and O–H groups in total. The fourth-order valence-corrected chi connectivity index (χ4v) is 11.7. The molecule has 9 nitrogen and oxygen atoms in total. The van der Waals surface area contributed by atoms with Crippen LogP contribution in [0.2, 0.25) is 5.02 Å². The van der Waals surface area contributed by atoms with E-state index in [1.165, 1.54) is 24.3 Å². The second-order valence-electron chi connectivity index (χ2n) is 16.2. The maximum Gasteiger partial charge on any atom is 0.220 e. The Kier molecular flexibility index (Phi) is 13.4. The highest BCUT2D eigenvalue weighted by Gasteiger charge is 2.55. The predicted octanol–water partition coefficient (Wildman–Crippen LogP) is 9.74. The second-order valence-corrected chi connectivity index (χ2v) is 18.9. The predicted molar refractivity (Wildman–Crippen MR) is 223 cm³/mol. The van der Waals surface area contributed by atoms with E-state index in [1.807, 2.05) is 37.3 Å². The molecule has 4 unspecified atom stereocenters. The molecule has 0 aliphatic heterocycles. The molecule has 1 heterocycles. The summed E-state index contributed by atoms with van der Waals surface area (Å²) in [5.74, 6) is -1.76. The van der Waals surface area contributed by atoms with E-state index in [-0.39, 0.29) is 85.8 Å². The van der Waals surface area contributed by atoms with E-state index in [0.717, 1.165) is 40.0 Å². The minimum absolute atomic E-state index is 0.0129. The molecule has 1 amide bonds. The van der Waals surface area contributed by atoms with E-state index < -0.39 is 32.5 Å². The van der Waals surface area contributed by atoms with Crippen LogP contribution < -0.4 is 10.1 Å². The smallest absolute Gasteiger partial charge is 0.220 e. The molecular formula is C46H50ClF2NO8S. The molecule has 2 saturated carbocycles. The number of ketones is 2. The van der Waals surface area contributed by atoms with Crippen LogP contribution in [0, 0.1) is 17.8 Å². The molecule has 3 aromatic carbocycles. The summed E-state index contributed by atoms with van der Waals surface area (Å²) in [6.45, 7) is 2.99. The second kappa shape index (κ2) is 18.5. The van der Waals surface area contributed by atoms with Gasteiger partial charge in [0.1, 0.15) is 41.5 Å². The largest absolute Gasteiger partial charge is 0.491 e. The summed E-state index contributed by atoms with van der Waals surface area (Å²) < 4.78 is 74.5. The van der Waals surface area contributed by atoms with Crippen LogP contribution >= 0.6 is 11.6 Å². The van der Waals surface area contributed by atoms with Crippen molar-refractivity contribution >= 4 is 60.7 Å². The van der Waals surface area contributed by atoms with Crippen LogP contribution in [-0.2, 0) is 29.0 Å². The van der Waals surface area contributed by atoms with E-state index in [2.05, 4.69) is 5.32 Å². The number of ether oxygens (including phenoxy) is 2. The number of alkyl halides is 1. The lowest BCUT2D eigenvalue weighted by Gasteiger charge is -2.45. The number of hydrogen-bond acceptors (Lipinski definition) is 8. The van der Waals surface area contributed by atoms with Crippen LogP contribution in [0.15, 0.2) is 94.2 Å². The van der Waals surface area contributed by atoms with Crippen LogP contribution in [0.25, 0.3) is 21.7 Å². The van der Waals surface area contributed by atoms with Crippen LogP contribution in [0.4, 0.5) is 8.78 Å². The van der Waals surface area contributed by atoms with Crippen LogP contribution in [0.1, 0.15) is 82.6 Å². The molecule has 0 bridgehead atoms. The highest BCUT2D eigenvalue weighted by atomic mass is 35.5. The van der Waals surface area contributed by atoms with Gasteiger partial charge < -0.3 is 19.2 Å². The van der Waals surface area contributed by atoms with Gasteiger partial charge in [-0.1, -0.05) is 37.4 Å². The van der Waals surface area contributed by atoms with Crippen molar-refractivity contribution in [3.05, 3.63) is 95.5 Å². The van der Waals surface area contributed by atoms with Gasteiger partial charge in [-0.15, -0.1) is 0 Å². The highest BCUT2D eigenvalue weighted by Crippen LogP contribution is 2.51. The first kappa shape index (κ1) is 42.7. The topological polar surface area (TPSA) is 129 Å². The van der Waals surface area contributed by atoms with Gasteiger partial charge in [-0.05, 0) is 116 Å². The van der Waals surface area contributed by atoms with Crippen LogP contribution in [0.3, 0.4) is 0 Å². The lowest BCUT2D eigenvalue weighted by molar-refractivity contribution is -0.126. The Morgan fingerprint density at radius 2 is 1.80 bits per heavy atom. The third-order valence-electron chi connectivity index (χ3n) is 12.5. The number of halogens is 3. The minimum atomic E-state index is -4.13. The summed E-state index contributed by atoms with van der Waals surface area (Å²) in [6, 6.07) is 15.3. The third-order valence-corrected chi connectivity index (χ3v) is 15.3. The average molecular weight is 850 g/mol. The number of allylic oxidation sites excluding steroid dienone is 4. The number of rotatable bonds is 14. The fraction of sp³-hybridized carbons (Fsp3) is 0.457. The molecule has 4 aromatic rings. The number of sulfone groups is 1. The molecule has 7 rings (SSSR count). The Morgan fingerprint density at radius 1 is 1.00 bits per heavy atom. The van der Waals surface area contributed by atoms with Crippen molar-refractivity contribution in [2.75, 3.05) is 26.4 Å². The average Bonchev–Trinajstić information content (AvgIpc) is 3.66. The van der Waals surface area contributed by atoms with E-state index in [1.54, 1.807) is 6.26 Å². The van der Waals surface area contributed by atoms with Gasteiger partial charge in [0.2, 0.25) is 5.91 Å². The standard InChI is InChI=1S/C46H50ClF2NO8S/c1-29-4-16-42(52)37(14-17-41(29)51)38-28-58-43-18-6-31-25-34(10-13-36(31)45(38)43)57-24-23-56-22-21-50-44(53)19-5-30-3-2-20-46(27-30,39-26-33(48)9-15-40(39)49)59(54,55)35-11-7-32(47)8-12-35/h6-13,15,18,25-26,28-30,37,39-40H,2-5,14,16-17,19-24,27H2,1H3,(H,50,53)/t29?,30-,37?,39?,40?,46+/m0/s1. The number of carbonyl (C=O) groups is 3. The van der Waals surface area contributed by atoms with Crippen molar-refractivity contribution in [3.8, 4) is 5.75 Å². The molecule has 1 aromatic heterocycles. The first-order valence-corrected chi connectivity index (χ1v) is 22.4. The summed E-state index contributed by atoms with van der Waals surface area (Å²) in [5.41, 5.74) is 1.51. The Balaban J connectivity index is 0.879. The van der Waals surface area contributed by atoms with Gasteiger partial charge in [-0.25, -0.2) is 17.2 Å². The first-order valence-electron chi connectivity index (χ1n) is 20.5. The molecule has 3 aliphatic rings. The van der Waals surface area contributed by atoms with Gasteiger partial charge in [-0.2, -0.15) is 0 Å². The lowest BCUT2D eigenvalue weighted by atomic mass is 9.70. The lowest BCUT2D eigenvalue weighted by Crippen LogP contribution is -2.52. The van der Waals surface area contributed by atoms with E-state index in [4.69, 9.17) is 25.5 Å². The molecule has 59 heavy (non-hydrogen) atoms. The Labute approximate surface area is 348 Å². The number of fused-ring (bicyclic) bond motifs is 3. The van der Waals surface area contributed by atoms with Crippen molar-refractivity contribution in [2.24, 2.45) is 17.8 Å². The van der Waals surface area contributed by atoms with Crippen molar-refractivity contribution in [1.82, 2.24) is 5.32 Å². The van der Waals surface area contributed by atoms with Gasteiger partial charge in [0.15, 0.2) is 9.84 Å². The summed E-state index contributed by atoms with van der Waals surface area (Å²) in [4.78, 5) is 38.5. The molecule has 3 aliphatic carbocycles. The molecule has 0 saturated heterocycles. The minimum Gasteiger partial charge on any atom is -0.491 e. The van der Waals surface area contributed by atoms with Crippen LogP contribution in [-0.4, -0.2) is 63.2 Å². The van der Waals surface area contributed by atoms with E-state index in [0.29, 0.717) is 61.3 Å². The van der Waals surface area contributed by atoms with Gasteiger partial charge in [0.05, 0.1) is 29.1 Å². The molecule has 2 fully saturated rings. The number of carbonyl (C=O) groups excluding carboxylic acids is 3. The zero-order chi connectivity index (χ0) is 41.7. The van der Waals surface area contributed by atoms with Gasteiger partial charge >= 0.3 is 0 Å². The molecule has 0 spiro atoms. The highest BCUT2D eigenvalue weighted by molar-refractivity contribution is 7.92. The number of benzene rings is 3. The maximum atomic E-state index is 15.5. The zero-order valence-electron chi connectivity index (χ0n) is 33.1. The van der Waals surface area contributed by atoms with Crippen molar-refractivity contribution in [3.63, 3.8) is 0 Å². The van der Waals surface area contributed by atoms with Crippen molar-refractivity contribution in [1.29, 1.82) is 0 Å². The number of amides is 1.